The molecule has 1 aliphatic rings. The van der Waals surface area contributed by atoms with E-state index >= 15 is 0 Å². The van der Waals surface area contributed by atoms with Crippen molar-refractivity contribution < 1.29 is 140 Å². The van der Waals surface area contributed by atoms with E-state index in [-0.39, 0.29) is 120 Å². The normalized spacial score (nSPS) is 12.6. The number of unbranched alkanes of at least 4 members (excludes halogenated alkanes) is 6. The van der Waals surface area contributed by atoms with Crippen LogP contribution in [0.4, 0.5) is 0 Å². The zero-order chi connectivity index (χ0) is 97.5. The Bertz CT molecular complexity index is 4340. The van der Waals surface area contributed by atoms with Crippen molar-refractivity contribution in [3.05, 3.63) is 226 Å². The molecule has 0 bridgehead atoms. The van der Waals surface area contributed by atoms with Crippen LogP contribution in [0.3, 0.4) is 0 Å². The average Bonchev–Trinajstić information content (AvgIpc) is 0.816. The molecule has 0 saturated heterocycles. The number of rotatable bonds is 51. The molecule has 131 heavy (non-hydrogen) atoms. The molecular weight excluding hydrogens is 1710 g/mol. The second-order valence-corrected chi connectivity index (χ2v) is 37.1. The molecular formula is C101H136O29Si. The summed E-state index contributed by atoms with van der Waals surface area (Å²) in [4.78, 5) is 120. The van der Waals surface area contributed by atoms with E-state index in [2.05, 4.69) is 0 Å². The SMILES string of the molecule is CC(C)(O)C(=O)c1ccc(CO)cc1.CC(C)(O)C(=O)c1ccc(OCCO)cc1.CC(C)(O)C(=O)c1ccc(OCCOC(=O)CCCCCO[Si](C)(OCCCCCC(=O)OCCOc2ccc(C(=O)C(C)(C)O)cc2)OCCCCCC(=O)OCCOc2ccc(C(=O)C(C)(C)O)cc2)cc1.CC(C)(O)C(=O)c1ccccc1.O=C(c1ccccc1)C1(O)CCCCC1. The van der Waals surface area contributed by atoms with Gasteiger partial charge in [0.2, 0.25) is 0 Å². The maximum absolute atomic E-state index is 12.3. The van der Waals surface area contributed by atoms with Crippen LogP contribution in [-0.2, 0) is 48.5 Å². The number of benzene rings is 7. The number of carbonyl (C=O) groups excluding carboxylic acids is 10. The highest BCUT2D eigenvalue weighted by Gasteiger charge is 2.38. The first-order valence-corrected chi connectivity index (χ1v) is 46.4. The standard InChI is InChI=1S/C55H78O18Si.C13H16O2.C12H16O4.C11H14O3.C10H12O2/c1-53(2,62)50(59)41-20-26-44(27-21-41)65-35-38-68-47(56)17-11-8-14-32-71-74(7,72-33-15-9-12-18-48(57)69-39-36-66-45-28-22-42(23-29-45)51(60)54(3,4)63)73-34-16-10-13-19-49(58)70-40-37-67-46-30-24-43(25-31-46)52(61)55(5,6)64;14-12(11-7-3-1-4-8-11)13(15)9-5-2-6-10-13;1-12(2,15)11(14)9-3-5-10(6-4-9)16-8-7-13;1-11(2,14)10(13)9-5-3-8(7-12)4-6-9;1-10(2,12)9(11)8-6-4-3-5-7-8/h20-31,62-64H,8-19,32-40H2,1-7H3;1,3-4,7-8,15H,2,5-6,9-10H2;3-6,13,15H,7-8H2,1-2H3;3-6,12,14H,7H2,1-2H3;3-7,12H,1-2H3. The molecule has 1 saturated carbocycles. The Balaban J connectivity index is 0.000000491. The summed E-state index contributed by atoms with van der Waals surface area (Å²) in [6.45, 7) is 21.0. The van der Waals surface area contributed by atoms with Gasteiger partial charge < -0.3 is 92.4 Å². The lowest BCUT2D eigenvalue weighted by Crippen LogP contribution is -2.43. The number of aliphatic hydroxyl groups is 9. The van der Waals surface area contributed by atoms with Gasteiger partial charge in [0.25, 0.3) is 0 Å². The van der Waals surface area contributed by atoms with Crippen molar-refractivity contribution in [2.45, 2.75) is 245 Å². The largest absolute Gasteiger partial charge is 0.497 e. The van der Waals surface area contributed by atoms with Gasteiger partial charge in [-0.25, -0.2) is 0 Å². The van der Waals surface area contributed by atoms with Crippen LogP contribution in [0.5, 0.6) is 23.0 Å². The quantitative estimate of drug-likeness (QED) is 0.00562. The van der Waals surface area contributed by atoms with Crippen LogP contribution in [0.25, 0.3) is 0 Å². The van der Waals surface area contributed by atoms with Crippen molar-refractivity contribution in [1.82, 2.24) is 0 Å². The number of ether oxygens (including phenoxy) is 7. The molecule has 7 aromatic rings. The molecule has 29 nitrogen and oxygen atoms in total. The summed E-state index contributed by atoms with van der Waals surface area (Å²) in [6, 6.07) is 50.0. The lowest BCUT2D eigenvalue weighted by Gasteiger charge is -2.30. The zero-order valence-electron chi connectivity index (χ0n) is 78.0. The number of hydrogen-bond acceptors (Lipinski definition) is 29. The Hall–Kier alpha value is -10.4. The van der Waals surface area contributed by atoms with Crippen LogP contribution in [0, 0.1) is 0 Å². The third-order valence-corrected chi connectivity index (χ3v) is 21.9. The number of Topliss-reactive ketones (excluding diaryl/α,β-unsaturated/α-hetero) is 7. The van der Waals surface area contributed by atoms with Gasteiger partial charge in [-0.15, -0.1) is 0 Å². The molecule has 0 radical (unpaired) electrons. The van der Waals surface area contributed by atoms with Gasteiger partial charge in [-0.05, 0) is 237 Å². The molecule has 1 aliphatic carbocycles. The summed E-state index contributed by atoms with van der Waals surface area (Å²) in [5.74, 6) is -1.15. The Morgan fingerprint density at radius 1 is 0.298 bits per heavy atom. The summed E-state index contributed by atoms with van der Waals surface area (Å²) in [7, 11) is -3.10. The summed E-state index contributed by atoms with van der Waals surface area (Å²) in [6.07, 6.45) is 10.8. The Morgan fingerprint density at radius 2 is 0.542 bits per heavy atom. The first kappa shape index (κ1) is 113. The van der Waals surface area contributed by atoms with Gasteiger partial charge in [0.1, 0.15) is 108 Å². The van der Waals surface area contributed by atoms with Crippen molar-refractivity contribution in [3.8, 4) is 23.0 Å². The van der Waals surface area contributed by atoms with Crippen molar-refractivity contribution in [2.24, 2.45) is 0 Å². The van der Waals surface area contributed by atoms with E-state index in [1.165, 1.54) is 83.1 Å². The highest BCUT2D eigenvalue weighted by molar-refractivity contribution is 6.59. The molecule has 0 unspecified atom stereocenters. The minimum atomic E-state index is -3.10. The molecule has 30 heteroatoms. The number of aliphatic hydroxyl groups excluding tert-OH is 2. The van der Waals surface area contributed by atoms with Crippen LogP contribution < -0.4 is 18.9 Å². The van der Waals surface area contributed by atoms with Crippen LogP contribution in [0.15, 0.2) is 182 Å². The fourth-order valence-corrected chi connectivity index (χ4v) is 14.2. The van der Waals surface area contributed by atoms with Crippen LogP contribution >= 0.6 is 0 Å². The van der Waals surface area contributed by atoms with Crippen LogP contribution in [-0.4, -0.2) is 225 Å². The van der Waals surface area contributed by atoms with E-state index in [0.29, 0.717) is 152 Å². The lowest BCUT2D eigenvalue weighted by molar-refractivity contribution is -0.145. The minimum absolute atomic E-state index is 0.0447. The molecule has 0 spiro atoms. The molecule has 9 N–H and O–H groups in total. The fourth-order valence-electron chi connectivity index (χ4n) is 12.4. The molecule has 8 rings (SSSR count). The summed E-state index contributed by atoms with van der Waals surface area (Å²) >= 11 is 0. The summed E-state index contributed by atoms with van der Waals surface area (Å²) in [5.41, 5.74) is -5.63. The Kier molecular flexibility index (Phi) is 48.7. The van der Waals surface area contributed by atoms with Gasteiger partial charge in [-0.2, -0.15) is 0 Å². The van der Waals surface area contributed by atoms with Crippen molar-refractivity contribution in [2.75, 3.05) is 72.7 Å². The number of carbonyl (C=O) groups is 10. The topological polar surface area (TPSA) is 445 Å². The van der Waals surface area contributed by atoms with Crippen molar-refractivity contribution in [1.29, 1.82) is 0 Å². The lowest BCUT2D eigenvalue weighted by atomic mass is 9.79. The molecule has 0 amide bonds. The van der Waals surface area contributed by atoms with E-state index in [9.17, 15) is 83.7 Å². The predicted octanol–water partition coefficient (Wildman–Crippen LogP) is 14.4. The van der Waals surface area contributed by atoms with Crippen LogP contribution in [0.2, 0.25) is 6.55 Å². The van der Waals surface area contributed by atoms with E-state index in [0.717, 1.165) is 24.8 Å². The van der Waals surface area contributed by atoms with Gasteiger partial charge >= 0.3 is 26.7 Å². The molecule has 0 aliphatic heterocycles. The molecule has 1 fully saturated rings. The second-order valence-electron chi connectivity index (χ2n) is 34.6. The average molecular weight is 1840 g/mol. The van der Waals surface area contributed by atoms with E-state index in [1.807, 2.05) is 30.8 Å². The molecule has 718 valence electrons. The van der Waals surface area contributed by atoms with Gasteiger partial charge in [0.05, 0.1) is 13.2 Å². The van der Waals surface area contributed by atoms with Crippen molar-refractivity contribution >= 4 is 67.2 Å². The number of esters is 3. The second kappa shape index (κ2) is 56.5. The predicted molar refractivity (Wildman–Crippen MR) is 494 cm³/mol. The third kappa shape index (κ3) is 44.6. The highest BCUT2D eigenvalue weighted by Crippen LogP contribution is 2.32. The van der Waals surface area contributed by atoms with E-state index in [4.69, 9.17) is 56.6 Å². The summed E-state index contributed by atoms with van der Waals surface area (Å²) < 4.78 is 56.6. The maximum Gasteiger partial charge on any atom is 0.497 e. The maximum atomic E-state index is 12.3. The van der Waals surface area contributed by atoms with Crippen molar-refractivity contribution in [3.63, 3.8) is 0 Å². The summed E-state index contributed by atoms with van der Waals surface area (Å²) in [5, 5.41) is 85.8. The molecule has 0 heterocycles. The third-order valence-electron chi connectivity index (χ3n) is 19.7. The van der Waals surface area contributed by atoms with Gasteiger partial charge in [-0.3, -0.25) is 47.9 Å². The van der Waals surface area contributed by atoms with Gasteiger partial charge in [0.15, 0.2) is 40.5 Å². The highest BCUT2D eigenvalue weighted by atomic mass is 28.4. The van der Waals surface area contributed by atoms with Gasteiger partial charge in [-0.1, -0.05) is 123 Å². The first-order chi connectivity index (χ1) is 61.6. The smallest absolute Gasteiger partial charge is 0.491 e. The number of hydrogen-bond donors (Lipinski definition) is 9. The fraction of sp³-hybridized carbons (Fsp3) is 0.485. The van der Waals surface area contributed by atoms with Crippen LogP contribution in [0.1, 0.15) is 270 Å². The van der Waals surface area contributed by atoms with E-state index < -0.39 is 65.4 Å². The molecule has 0 atom stereocenters. The molecule has 0 aromatic heterocycles. The minimum Gasteiger partial charge on any atom is -0.491 e. The number of ketones is 7. The Morgan fingerprint density at radius 3 is 0.794 bits per heavy atom. The zero-order valence-corrected chi connectivity index (χ0v) is 79.0. The molecule has 7 aromatic carbocycles. The Labute approximate surface area is 770 Å². The first-order valence-electron chi connectivity index (χ1n) is 44.2. The van der Waals surface area contributed by atoms with E-state index in [1.54, 1.807) is 158 Å². The van der Waals surface area contributed by atoms with Gasteiger partial charge in [0, 0.05) is 84.6 Å². The monoisotopic (exact) mass is 1840 g/mol.